The number of hydrogen-bond acceptors (Lipinski definition) is 4. The second-order valence-corrected chi connectivity index (χ2v) is 3.76. The highest BCUT2D eigenvalue weighted by molar-refractivity contribution is 5.72. The monoisotopic (exact) mass is 251 g/mol. The first-order valence-corrected chi connectivity index (χ1v) is 5.47. The van der Waals surface area contributed by atoms with Crippen molar-refractivity contribution < 1.29 is 4.92 Å². The standard InChI is InChI=1S/C14H9N3O2/c15-9-13-10-16-8-7-12(13)4-1-11-2-5-14(6-3-11)17(18)19/h1-8,10H/b4-1+. The first kappa shape index (κ1) is 12.5. The molecule has 0 N–H and O–H groups in total. The average Bonchev–Trinajstić information content (AvgIpc) is 2.45. The van der Waals surface area contributed by atoms with Crippen molar-refractivity contribution >= 4 is 17.8 Å². The van der Waals surface area contributed by atoms with E-state index < -0.39 is 4.92 Å². The van der Waals surface area contributed by atoms with Gasteiger partial charge in [-0.1, -0.05) is 12.2 Å². The Kier molecular flexibility index (Phi) is 3.64. The molecule has 5 heteroatoms. The molecule has 1 aromatic heterocycles. The molecule has 5 nitrogen and oxygen atoms in total. The van der Waals surface area contributed by atoms with E-state index in [1.165, 1.54) is 18.3 Å². The SMILES string of the molecule is N#Cc1cnccc1/C=C/c1ccc([N+](=O)[O-])cc1. The molecule has 0 bridgehead atoms. The van der Waals surface area contributed by atoms with Crippen LogP contribution in [0.25, 0.3) is 12.2 Å². The van der Waals surface area contributed by atoms with Gasteiger partial charge in [0.1, 0.15) is 6.07 Å². The Labute approximate surface area is 109 Å². The van der Waals surface area contributed by atoms with Gasteiger partial charge in [0.05, 0.1) is 10.5 Å². The number of nitrogens with zero attached hydrogens (tertiary/aromatic N) is 3. The number of benzene rings is 1. The molecular formula is C14H9N3O2. The van der Waals surface area contributed by atoms with Crippen molar-refractivity contribution in [2.24, 2.45) is 0 Å². The maximum Gasteiger partial charge on any atom is 0.269 e. The topological polar surface area (TPSA) is 79.8 Å². The van der Waals surface area contributed by atoms with E-state index in [1.807, 2.05) is 0 Å². The van der Waals surface area contributed by atoms with Crippen LogP contribution in [-0.4, -0.2) is 9.91 Å². The molecule has 1 aromatic carbocycles. The van der Waals surface area contributed by atoms with Crippen LogP contribution in [0.15, 0.2) is 42.7 Å². The number of aromatic nitrogens is 1. The van der Waals surface area contributed by atoms with Crippen LogP contribution in [0.1, 0.15) is 16.7 Å². The normalized spacial score (nSPS) is 10.3. The van der Waals surface area contributed by atoms with Crippen LogP contribution in [0.4, 0.5) is 5.69 Å². The minimum atomic E-state index is -0.440. The lowest BCUT2D eigenvalue weighted by Crippen LogP contribution is -1.86. The van der Waals surface area contributed by atoms with Gasteiger partial charge in [0.2, 0.25) is 0 Å². The third-order valence-corrected chi connectivity index (χ3v) is 2.53. The highest BCUT2D eigenvalue weighted by Gasteiger charge is 2.02. The van der Waals surface area contributed by atoms with Crippen molar-refractivity contribution in [3.8, 4) is 6.07 Å². The fourth-order valence-electron chi connectivity index (χ4n) is 1.54. The Morgan fingerprint density at radius 3 is 2.58 bits per heavy atom. The van der Waals surface area contributed by atoms with Gasteiger partial charge in [-0.25, -0.2) is 0 Å². The molecule has 0 amide bonds. The average molecular weight is 251 g/mol. The van der Waals surface area contributed by atoms with Crippen molar-refractivity contribution in [1.29, 1.82) is 5.26 Å². The Bertz CT molecular complexity index is 670. The minimum absolute atomic E-state index is 0.0544. The molecule has 2 rings (SSSR count). The number of non-ortho nitro benzene ring substituents is 1. The van der Waals surface area contributed by atoms with Crippen LogP contribution in [0.3, 0.4) is 0 Å². The van der Waals surface area contributed by atoms with Crippen LogP contribution in [0, 0.1) is 21.4 Å². The molecule has 0 saturated heterocycles. The maximum atomic E-state index is 10.5. The van der Waals surface area contributed by atoms with E-state index in [1.54, 1.807) is 36.5 Å². The first-order chi connectivity index (χ1) is 9.20. The summed E-state index contributed by atoms with van der Waals surface area (Å²) in [6, 6.07) is 9.98. The summed E-state index contributed by atoms with van der Waals surface area (Å²) in [5.41, 5.74) is 2.13. The molecule has 0 fully saturated rings. The van der Waals surface area contributed by atoms with Crippen molar-refractivity contribution in [2.45, 2.75) is 0 Å². The molecule has 0 aliphatic heterocycles. The van der Waals surface area contributed by atoms with Crippen molar-refractivity contribution in [3.63, 3.8) is 0 Å². The van der Waals surface area contributed by atoms with Gasteiger partial charge in [-0.3, -0.25) is 15.1 Å². The van der Waals surface area contributed by atoms with E-state index in [0.717, 1.165) is 11.1 Å². The van der Waals surface area contributed by atoms with Gasteiger partial charge in [-0.2, -0.15) is 5.26 Å². The van der Waals surface area contributed by atoms with Crippen molar-refractivity contribution in [3.05, 3.63) is 69.5 Å². The highest BCUT2D eigenvalue weighted by atomic mass is 16.6. The van der Waals surface area contributed by atoms with Gasteiger partial charge < -0.3 is 0 Å². The van der Waals surface area contributed by atoms with Crippen molar-refractivity contribution in [1.82, 2.24) is 4.98 Å². The Morgan fingerprint density at radius 2 is 1.95 bits per heavy atom. The molecule has 2 aromatic rings. The van der Waals surface area contributed by atoms with E-state index >= 15 is 0 Å². The molecule has 0 saturated carbocycles. The van der Waals surface area contributed by atoms with Gasteiger partial charge in [-0.15, -0.1) is 0 Å². The summed E-state index contributed by atoms with van der Waals surface area (Å²) in [6.45, 7) is 0. The Hall–Kier alpha value is -3.00. The van der Waals surface area contributed by atoms with E-state index in [2.05, 4.69) is 11.1 Å². The summed E-state index contributed by atoms with van der Waals surface area (Å²) in [5.74, 6) is 0. The zero-order chi connectivity index (χ0) is 13.7. The molecule has 0 aliphatic rings. The van der Waals surface area contributed by atoms with E-state index in [-0.39, 0.29) is 5.69 Å². The lowest BCUT2D eigenvalue weighted by molar-refractivity contribution is -0.384. The largest absolute Gasteiger partial charge is 0.269 e. The van der Waals surface area contributed by atoms with E-state index in [4.69, 9.17) is 5.26 Å². The van der Waals surface area contributed by atoms with Crippen LogP contribution >= 0.6 is 0 Å². The second kappa shape index (κ2) is 5.56. The van der Waals surface area contributed by atoms with Crippen LogP contribution < -0.4 is 0 Å². The Balaban J connectivity index is 2.23. The van der Waals surface area contributed by atoms with E-state index in [0.29, 0.717) is 5.56 Å². The molecule has 19 heavy (non-hydrogen) atoms. The molecule has 0 radical (unpaired) electrons. The van der Waals surface area contributed by atoms with Gasteiger partial charge in [0, 0.05) is 24.5 Å². The highest BCUT2D eigenvalue weighted by Crippen LogP contribution is 2.15. The van der Waals surface area contributed by atoms with E-state index in [9.17, 15) is 10.1 Å². The van der Waals surface area contributed by atoms with Gasteiger partial charge in [0.25, 0.3) is 5.69 Å². The molecule has 0 atom stereocenters. The fraction of sp³-hybridized carbons (Fsp3) is 0. The molecule has 1 heterocycles. The van der Waals surface area contributed by atoms with Crippen LogP contribution in [0.2, 0.25) is 0 Å². The number of pyridine rings is 1. The van der Waals surface area contributed by atoms with Crippen molar-refractivity contribution in [2.75, 3.05) is 0 Å². The summed E-state index contributed by atoms with van der Waals surface area (Å²) in [4.78, 5) is 14.0. The summed E-state index contributed by atoms with van der Waals surface area (Å²) in [6.07, 6.45) is 6.67. The van der Waals surface area contributed by atoms with Gasteiger partial charge >= 0.3 is 0 Å². The van der Waals surface area contributed by atoms with Gasteiger partial charge in [0.15, 0.2) is 0 Å². The number of rotatable bonds is 3. The third-order valence-electron chi connectivity index (χ3n) is 2.53. The molecular weight excluding hydrogens is 242 g/mol. The predicted octanol–water partition coefficient (Wildman–Crippen LogP) is 3.03. The summed E-state index contributed by atoms with van der Waals surface area (Å²) < 4.78 is 0. The lowest BCUT2D eigenvalue weighted by Gasteiger charge is -1.96. The quantitative estimate of drug-likeness (QED) is 0.620. The molecule has 0 aliphatic carbocycles. The molecule has 0 unspecified atom stereocenters. The number of nitriles is 1. The first-order valence-electron chi connectivity index (χ1n) is 5.47. The zero-order valence-corrected chi connectivity index (χ0v) is 9.85. The van der Waals surface area contributed by atoms with Crippen LogP contribution in [-0.2, 0) is 0 Å². The van der Waals surface area contributed by atoms with Gasteiger partial charge in [-0.05, 0) is 29.3 Å². The molecule has 0 spiro atoms. The number of nitro benzene ring substituents is 1. The number of nitro groups is 1. The zero-order valence-electron chi connectivity index (χ0n) is 9.85. The van der Waals surface area contributed by atoms with Crippen LogP contribution in [0.5, 0.6) is 0 Å². The Morgan fingerprint density at radius 1 is 1.21 bits per heavy atom. The smallest absolute Gasteiger partial charge is 0.263 e. The summed E-state index contributed by atoms with van der Waals surface area (Å²) in [7, 11) is 0. The molecule has 92 valence electrons. The number of hydrogen-bond donors (Lipinski definition) is 0. The maximum absolute atomic E-state index is 10.5. The minimum Gasteiger partial charge on any atom is -0.263 e. The fourth-order valence-corrected chi connectivity index (χ4v) is 1.54. The summed E-state index contributed by atoms with van der Waals surface area (Å²) in [5, 5.41) is 19.4. The second-order valence-electron chi connectivity index (χ2n) is 3.76. The predicted molar refractivity (Wildman–Crippen MR) is 71.0 cm³/mol. The summed E-state index contributed by atoms with van der Waals surface area (Å²) >= 11 is 0. The lowest BCUT2D eigenvalue weighted by atomic mass is 10.1. The third kappa shape index (κ3) is 3.01.